The number of nitro benzene ring substituents is 1. The van der Waals surface area contributed by atoms with Crippen LogP contribution in [0.1, 0.15) is 16.3 Å². The van der Waals surface area contributed by atoms with Crippen LogP contribution in [0.25, 0.3) is 0 Å². The number of hydrogen-bond acceptors (Lipinski definition) is 8. The number of rotatable bonds is 6. The third kappa shape index (κ3) is 3.63. The molecule has 11 heteroatoms. The van der Waals surface area contributed by atoms with Crippen LogP contribution < -0.4 is 4.74 Å². The Balaban J connectivity index is 1.98. The van der Waals surface area contributed by atoms with Gasteiger partial charge in [0.05, 0.1) is 29.9 Å². The summed E-state index contributed by atoms with van der Waals surface area (Å²) < 4.78 is 6.55. The molecule has 0 atom stereocenters. The zero-order valence-electron chi connectivity index (χ0n) is 13.4. The Morgan fingerprint density at radius 1 is 1.58 bits per heavy atom. The Morgan fingerprint density at radius 2 is 2.38 bits per heavy atom. The molecule has 0 bridgehead atoms. The lowest BCUT2D eigenvalue weighted by Gasteiger charge is -2.05. The van der Waals surface area contributed by atoms with E-state index in [0.717, 1.165) is 10.9 Å². The molecule has 3 rings (SSSR count). The predicted octanol–water partition coefficient (Wildman–Crippen LogP) is 3.10. The average molecular weight is 391 g/mol. The Bertz CT molecular complexity index is 1020. The van der Waals surface area contributed by atoms with E-state index in [9.17, 15) is 15.2 Å². The molecule has 0 fully saturated rings. The van der Waals surface area contributed by atoms with Crippen molar-refractivity contribution in [2.24, 2.45) is 5.10 Å². The monoisotopic (exact) mass is 391 g/mol. The fraction of sp³-hybridized carbons (Fsp3) is 0.133. The lowest BCUT2D eigenvalue weighted by Crippen LogP contribution is -2.01. The first kappa shape index (κ1) is 17.8. The Morgan fingerprint density at radius 3 is 3.04 bits per heavy atom. The third-order valence-corrected chi connectivity index (χ3v) is 4.61. The number of aromatic hydroxyl groups is 1. The van der Waals surface area contributed by atoms with Gasteiger partial charge in [-0.2, -0.15) is 14.9 Å². The van der Waals surface area contributed by atoms with E-state index in [4.69, 9.17) is 17.0 Å². The van der Waals surface area contributed by atoms with Crippen LogP contribution in [-0.4, -0.2) is 38.2 Å². The molecular weight excluding hydrogens is 378 g/mol. The smallest absolute Gasteiger partial charge is 0.282 e. The maximum absolute atomic E-state index is 11.3. The minimum Gasteiger partial charge on any atom is -0.504 e. The summed E-state index contributed by atoms with van der Waals surface area (Å²) in [5, 5.41) is 34.1. The first-order valence-corrected chi connectivity index (χ1v) is 8.57. The molecule has 0 unspecified atom stereocenters. The van der Waals surface area contributed by atoms with Gasteiger partial charge in [0.25, 0.3) is 5.69 Å². The van der Waals surface area contributed by atoms with Crippen LogP contribution in [0.4, 0.5) is 5.69 Å². The highest BCUT2D eigenvalue weighted by molar-refractivity contribution is 7.71. The molecule has 0 saturated heterocycles. The van der Waals surface area contributed by atoms with Gasteiger partial charge >= 0.3 is 0 Å². The third-order valence-electron chi connectivity index (χ3n) is 3.47. The average Bonchev–Trinajstić information content (AvgIpc) is 3.23. The molecule has 2 aromatic heterocycles. The van der Waals surface area contributed by atoms with E-state index in [1.807, 2.05) is 17.5 Å². The Hall–Kier alpha value is -3.05. The van der Waals surface area contributed by atoms with Crippen molar-refractivity contribution in [3.63, 3.8) is 0 Å². The zero-order chi connectivity index (χ0) is 18.7. The second-order valence-electron chi connectivity index (χ2n) is 5.10. The summed E-state index contributed by atoms with van der Waals surface area (Å²) in [6, 6.07) is 6.24. The number of nitro groups is 1. The number of ether oxygens (including phenoxy) is 1. The number of phenols is 1. The Kier molecular flexibility index (Phi) is 5.09. The zero-order valence-corrected chi connectivity index (χ0v) is 15.1. The minimum atomic E-state index is -0.579. The standard InChI is InChI=1S/C15H13N5O4S2/c1-24-13-7-11(20(22)23)9(5-12(13)21)8-16-19-14(17-18-15(19)25)6-10-3-2-4-26-10/h2-5,7-8,21H,6H2,1H3,(H,18,25)/b16-8-. The van der Waals surface area contributed by atoms with Gasteiger partial charge in [-0.05, 0) is 29.7 Å². The molecule has 0 aliphatic heterocycles. The van der Waals surface area contributed by atoms with Crippen molar-refractivity contribution in [1.29, 1.82) is 0 Å². The molecule has 0 spiro atoms. The molecule has 1 aromatic carbocycles. The predicted molar refractivity (Wildman–Crippen MR) is 98.8 cm³/mol. The fourth-order valence-electron chi connectivity index (χ4n) is 2.25. The largest absolute Gasteiger partial charge is 0.504 e. The van der Waals surface area contributed by atoms with Crippen molar-refractivity contribution in [1.82, 2.24) is 14.9 Å². The molecule has 3 aromatic rings. The van der Waals surface area contributed by atoms with Crippen molar-refractivity contribution in [3.8, 4) is 11.5 Å². The molecule has 0 amide bonds. The topological polar surface area (TPSA) is 119 Å². The summed E-state index contributed by atoms with van der Waals surface area (Å²) >= 11 is 6.74. The highest BCUT2D eigenvalue weighted by atomic mass is 32.1. The number of aromatic amines is 1. The van der Waals surface area contributed by atoms with Gasteiger partial charge in [-0.15, -0.1) is 11.3 Å². The van der Waals surface area contributed by atoms with Crippen molar-refractivity contribution < 1.29 is 14.8 Å². The molecule has 2 N–H and O–H groups in total. The number of benzene rings is 1. The maximum atomic E-state index is 11.3. The van der Waals surface area contributed by atoms with E-state index in [1.54, 1.807) is 11.3 Å². The van der Waals surface area contributed by atoms with Crippen molar-refractivity contribution in [2.75, 3.05) is 7.11 Å². The molecule has 0 aliphatic rings. The molecule has 0 radical (unpaired) electrons. The van der Waals surface area contributed by atoms with Crippen LogP contribution in [0, 0.1) is 14.9 Å². The maximum Gasteiger partial charge on any atom is 0.282 e. The number of nitrogens with zero attached hydrogens (tertiary/aromatic N) is 4. The molecule has 0 aliphatic carbocycles. The Labute approximate surface area is 156 Å². The van der Waals surface area contributed by atoms with Crippen LogP contribution in [0.3, 0.4) is 0 Å². The second-order valence-corrected chi connectivity index (χ2v) is 6.52. The van der Waals surface area contributed by atoms with Gasteiger partial charge in [0.15, 0.2) is 17.3 Å². The quantitative estimate of drug-likeness (QED) is 0.288. The van der Waals surface area contributed by atoms with Gasteiger partial charge in [0.1, 0.15) is 0 Å². The normalized spacial score (nSPS) is 11.1. The summed E-state index contributed by atoms with van der Waals surface area (Å²) in [5.41, 5.74) is -0.142. The van der Waals surface area contributed by atoms with E-state index >= 15 is 0 Å². The molecule has 134 valence electrons. The number of H-pyrrole nitrogens is 1. The number of methoxy groups -OCH3 is 1. The first-order chi connectivity index (χ1) is 12.5. The molecule has 0 saturated carbocycles. The van der Waals surface area contributed by atoms with Crippen LogP contribution in [0.5, 0.6) is 11.5 Å². The highest BCUT2D eigenvalue weighted by Crippen LogP contribution is 2.32. The van der Waals surface area contributed by atoms with E-state index < -0.39 is 4.92 Å². The number of phenolic OH excluding ortho intramolecular Hbond substituents is 1. The van der Waals surface area contributed by atoms with Crippen LogP contribution in [0.2, 0.25) is 0 Å². The molecule has 2 heterocycles. The van der Waals surface area contributed by atoms with E-state index in [1.165, 1.54) is 24.1 Å². The van der Waals surface area contributed by atoms with Gasteiger partial charge in [-0.1, -0.05) is 6.07 Å². The molecule has 9 nitrogen and oxygen atoms in total. The number of hydrogen-bond donors (Lipinski definition) is 2. The van der Waals surface area contributed by atoms with E-state index in [0.29, 0.717) is 12.2 Å². The van der Waals surface area contributed by atoms with Crippen LogP contribution >= 0.6 is 23.6 Å². The van der Waals surface area contributed by atoms with Gasteiger partial charge in [-0.25, -0.2) is 0 Å². The SMILES string of the molecule is COc1cc([N+](=O)[O-])c(/C=N\n2c(Cc3cccs3)n[nH]c2=S)cc1O. The van der Waals surface area contributed by atoms with Crippen molar-refractivity contribution in [2.45, 2.75) is 6.42 Å². The number of aromatic nitrogens is 3. The first-order valence-electron chi connectivity index (χ1n) is 7.28. The minimum absolute atomic E-state index is 0.00663. The fourth-order valence-corrected chi connectivity index (χ4v) is 3.15. The van der Waals surface area contributed by atoms with Gasteiger partial charge in [0.2, 0.25) is 4.77 Å². The summed E-state index contributed by atoms with van der Waals surface area (Å²) in [5.74, 6) is 0.343. The van der Waals surface area contributed by atoms with Gasteiger partial charge in [0, 0.05) is 11.3 Å². The lowest BCUT2D eigenvalue weighted by atomic mass is 10.1. The highest BCUT2D eigenvalue weighted by Gasteiger charge is 2.18. The van der Waals surface area contributed by atoms with E-state index in [-0.39, 0.29) is 27.5 Å². The summed E-state index contributed by atoms with van der Waals surface area (Å²) in [6.07, 6.45) is 1.76. The number of thiophene rings is 1. The van der Waals surface area contributed by atoms with Gasteiger partial charge < -0.3 is 9.84 Å². The molecular formula is C15H13N5O4S2. The number of nitrogens with one attached hydrogen (secondary N) is 1. The van der Waals surface area contributed by atoms with Crippen molar-refractivity contribution >= 4 is 35.5 Å². The summed E-state index contributed by atoms with van der Waals surface area (Å²) in [4.78, 5) is 11.8. The summed E-state index contributed by atoms with van der Waals surface area (Å²) in [6.45, 7) is 0. The van der Waals surface area contributed by atoms with Crippen LogP contribution in [-0.2, 0) is 6.42 Å². The van der Waals surface area contributed by atoms with Gasteiger partial charge in [-0.3, -0.25) is 15.2 Å². The lowest BCUT2D eigenvalue weighted by molar-refractivity contribution is -0.385. The van der Waals surface area contributed by atoms with Crippen LogP contribution in [0.15, 0.2) is 34.7 Å². The van der Waals surface area contributed by atoms with Crippen molar-refractivity contribution in [3.05, 3.63) is 60.8 Å². The summed E-state index contributed by atoms with van der Waals surface area (Å²) in [7, 11) is 1.31. The van der Waals surface area contributed by atoms with E-state index in [2.05, 4.69) is 15.3 Å². The molecule has 26 heavy (non-hydrogen) atoms. The second kappa shape index (κ2) is 7.45.